The van der Waals surface area contributed by atoms with Crippen molar-refractivity contribution in [2.24, 2.45) is 0 Å². The molecule has 1 aliphatic heterocycles. The fraction of sp³-hybridized carbons (Fsp3) is 0.350. The Morgan fingerprint density at radius 3 is 2.34 bits per heavy atom. The number of carbonyl (C=O) groups is 1. The summed E-state index contributed by atoms with van der Waals surface area (Å²) in [5.41, 5.74) is -0.149. The van der Waals surface area contributed by atoms with Crippen molar-refractivity contribution in [1.29, 1.82) is 0 Å². The monoisotopic (exact) mass is 465 g/mol. The van der Waals surface area contributed by atoms with Gasteiger partial charge in [-0.2, -0.15) is 4.31 Å². The Kier molecular flexibility index (Phi) is 6.84. The van der Waals surface area contributed by atoms with Crippen LogP contribution in [0.4, 0.5) is 11.4 Å². The topological polar surface area (TPSA) is 137 Å². The van der Waals surface area contributed by atoms with Crippen LogP contribution in [0.25, 0.3) is 0 Å². The molecule has 2 aromatic rings. The smallest absolute Gasteiger partial charge is 0.271 e. The second kappa shape index (κ2) is 9.40. The van der Waals surface area contributed by atoms with Crippen molar-refractivity contribution in [2.75, 3.05) is 33.2 Å². The number of benzene rings is 2. The summed E-state index contributed by atoms with van der Waals surface area (Å²) in [4.78, 5) is 23.4. The van der Waals surface area contributed by atoms with E-state index in [9.17, 15) is 23.3 Å². The molecule has 0 bridgehead atoms. The van der Waals surface area contributed by atoms with E-state index in [2.05, 4.69) is 5.32 Å². The minimum Gasteiger partial charge on any atom is -0.495 e. The van der Waals surface area contributed by atoms with E-state index in [-0.39, 0.29) is 34.3 Å². The summed E-state index contributed by atoms with van der Waals surface area (Å²) in [6, 6.07) is 6.98. The zero-order valence-electron chi connectivity index (χ0n) is 17.7. The number of rotatable bonds is 8. The first-order valence-electron chi connectivity index (χ1n) is 9.60. The molecule has 0 saturated carbocycles. The molecule has 32 heavy (non-hydrogen) atoms. The van der Waals surface area contributed by atoms with E-state index >= 15 is 0 Å². The van der Waals surface area contributed by atoms with Gasteiger partial charge in [-0.1, -0.05) is 0 Å². The third-order valence-corrected chi connectivity index (χ3v) is 7.02. The van der Waals surface area contributed by atoms with Crippen LogP contribution in [0.1, 0.15) is 12.8 Å². The molecule has 0 aliphatic carbocycles. The maximum Gasteiger partial charge on any atom is 0.271 e. The van der Waals surface area contributed by atoms with Gasteiger partial charge in [0.2, 0.25) is 15.9 Å². The molecule has 172 valence electrons. The summed E-state index contributed by atoms with van der Waals surface area (Å²) >= 11 is 0. The fourth-order valence-corrected chi connectivity index (χ4v) is 5.20. The van der Waals surface area contributed by atoms with Gasteiger partial charge in [0.25, 0.3) is 5.69 Å². The van der Waals surface area contributed by atoms with Gasteiger partial charge in [-0.3, -0.25) is 14.9 Å². The first-order chi connectivity index (χ1) is 15.2. The molecule has 1 N–H and O–H groups in total. The van der Waals surface area contributed by atoms with E-state index in [0.717, 1.165) is 4.31 Å². The Bertz CT molecular complexity index is 1140. The molecule has 1 atom stereocenters. The maximum atomic E-state index is 13.3. The predicted octanol–water partition coefficient (Wildman–Crippen LogP) is 2.41. The van der Waals surface area contributed by atoms with E-state index in [4.69, 9.17) is 14.2 Å². The second-order valence-corrected chi connectivity index (χ2v) is 8.81. The molecule has 1 fully saturated rings. The van der Waals surface area contributed by atoms with Crippen molar-refractivity contribution in [3.05, 3.63) is 46.5 Å². The lowest BCUT2D eigenvalue weighted by Gasteiger charge is -2.24. The van der Waals surface area contributed by atoms with Crippen LogP contribution in [0.15, 0.2) is 41.3 Å². The van der Waals surface area contributed by atoms with Gasteiger partial charge in [-0.25, -0.2) is 8.42 Å². The number of nitro benzene ring substituents is 1. The highest BCUT2D eigenvalue weighted by molar-refractivity contribution is 7.89. The molecule has 12 heteroatoms. The average molecular weight is 465 g/mol. The van der Waals surface area contributed by atoms with Crippen LogP contribution in [0.2, 0.25) is 0 Å². The fourth-order valence-electron chi connectivity index (χ4n) is 3.53. The number of nitrogens with zero attached hydrogens (tertiary/aromatic N) is 2. The van der Waals surface area contributed by atoms with Gasteiger partial charge < -0.3 is 19.5 Å². The second-order valence-electron chi connectivity index (χ2n) is 6.92. The number of ether oxygens (including phenoxy) is 3. The highest BCUT2D eigenvalue weighted by atomic mass is 32.2. The molecule has 1 saturated heterocycles. The van der Waals surface area contributed by atoms with Crippen molar-refractivity contribution in [3.63, 3.8) is 0 Å². The van der Waals surface area contributed by atoms with Crippen LogP contribution < -0.4 is 19.5 Å². The van der Waals surface area contributed by atoms with Gasteiger partial charge in [0.05, 0.1) is 36.8 Å². The molecule has 0 radical (unpaired) electrons. The Morgan fingerprint density at radius 1 is 1.06 bits per heavy atom. The molecule has 1 unspecified atom stereocenters. The number of amides is 1. The van der Waals surface area contributed by atoms with E-state index < -0.39 is 26.9 Å². The molecule has 3 rings (SSSR count). The number of non-ortho nitro benzene ring substituents is 1. The van der Waals surface area contributed by atoms with Gasteiger partial charge in [0.1, 0.15) is 11.8 Å². The molecule has 0 spiro atoms. The van der Waals surface area contributed by atoms with Crippen LogP contribution >= 0.6 is 0 Å². The van der Waals surface area contributed by atoms with Crippen molar-refractivity contribution in [1.82, 2.24) is 4.31 Å². The van der Waals surface area contributed by atoms with Crippen LogP contribution in [-0.4, -0.2) is 57.5 Å². The number of carbonyl (C=O) groups excluding carboxylic acids is 1. The van der Waals surface area contributed by atoms with Gasteiger partial charge in [0, 0.05) is 24.7 Å². The lowest BCUT2D eigenvalue weighted by atomic mass is 10.2. The molecule has 1 aliphatic rings. The van der Waals surface area contributed by atoms with Gasteiger partial charge in [-0.15, -0.1) is 0 Å². The number of hydrogen-bond donors (Lipinski definition) is 1. The van der Waals surface area contributed by atoms with Crippen molar-refractivity contribution < 1.29 is 32.3 Å². The van der Waals surface area contributed by atoms with Crippen molar-refractivity contribution >= 4 is 27.3 Å². The third kappa shape index (κ3) is 4.46. The average Bonchev–Trinajstić information content (AvgIpc) is 3.29. The number of sulfonamides is 1. The summed E-state index contributed by atoms with van der Waals surface area (Å²) in [5.74, 6) is 0.233. The molecule has 1 heterocycles. The number of nitro groups is 1. The zero-order chi connectivity index (χ0) is 23.5. The summed E-state index contributed by atoms with van der Waals surface area (Å²) in [5, 5.41) is 13.7. The first kappa shape index (κ1) is 23.3. The van der Waals surface area contributed by atoms with E-state index in [1.165, 1.54) is 57.7 Å². The minimum absolute atomic E-state index is 0.0391. The SMILES string of the molecule is COc1ccc([N+](=O)[O-])cc1NC(=O)C1CCCN1S(=O)(=O)c1ccc(OC)c(OC)c1. The molecule has 2 aromatic carbocycles. The van der Waals surface area contributed by atoms with Crippen molar-refractivity contribution in [3.8, 4) is 17.2 Å². The molecule has 1 amide bonds. The minimum atomic E-state index is -4.02. The largest absolute Gasteiger partial charge is 0.495 e. The molecule has 0 aromatic heterocycles. The predicted molar refractivity (Wildman–Crippen MR) is 115 cm³/mol. The Balaban J connectivity index is 1.89. The van der Waals surface area contributed by atoms with E-state index in [1.807, 2.05) is 0 Å². The number of methoxy groups -OCH3 is 3. The first-order valence-corrected chi connectivity index (χ1v) is 11.0. The summed E-state index contributed by atoms with van der Waals surface area (Å²) in [7, 11) is 0.174. The quantitative estimate of drug-likeness (QED) is 0.463. The number of hydrogen-bond acceptors (Lipinski definition) is 8. The molecule has 11 nitrogen and oxygen atoms in total. The van der Waals surface area contributed by atoms with Crippen molar-refractivity contribution in [2.45, 2.75) is 23.8 Å². The van der Waals surface area contributed by atoms with Gasteiger partial charge in [-0.05, 0) is 31.0 Å². The van der Waals surface area contributed by atoms with E-state index in [0.29, 0.717) is 18.6 Å². The lowest BCUT2D eigenvalue weighted by Crippen LogP contribution is -2.43. The van der Waals surface area contributed by atoms with Crippen LogP contribution in [0.5, 0.6) is 17.2 Å². The standard InChI is InChI=1S/C20H23N3O8S/c1-29-17-8-6-13(23(25)26)11-15(17)21-20(24)16-5-4-10-22(16)32(27,28)14-7-9-18(30-2)19(12-14)31-3/h6-9,11-12,16H,4-5,10H2,1-3H3,(H,21,24). The van der Waals surface area contributed by atoms with Gasteiger partial charge in [0.15, 0.2) is 11.5 Å². The van der Waals surface area contributed by atoms with E-state index in [1.54, 1.807) is 0 Å². The zero-order valence-corrected chi connectivity index (χ0v) is 18.5. The Morgan fingerprint density at radius 2 is 1.72 bits per heavy atom. The molecular weight excluding hydrogens is 442 g/mol. The number of nitrogens with one attached hydrogen (secondary N) is 1. The lowest BCUT2D eigenvalue weighted by molar-refractivity contribution is -0.384. The summed E-state index contributed by atoms with van der Waals surface area (Å²) in [6.45, 7) is 0.154. The van der Waals surface area contributed by atoms with Crippen LogP contribution in [-0.2, 0) is 14.8 Å². The Hall–Kier alpha value is -3.38. The maximum absolute atomic E-state index is 13.3. The molecular formula is C20H23N3O8S. The highest BCUT2D eigenvalue weighted by Crippen LogP contribution is 2.34. The van der Waals surface area contributed by atoms with Gasteiger partial charge >= 0.3 is 0 Å². The number of anilines is 1. The van der Waals surface area contributed by atoms with Crippen LogP contribution in [0.3, 0.4) is 0 Å². The normalized spacial score (nSPS) is 16.4. The summed E-state index contributed by atoms with van der Waals surface area (Å²) < 4.78 is 43.2. The Labute approximate surface area is 185 Å². The summed E-state index contributed by atoms with van der Waals surface area (Å²) in [6.07, 6.45) is 0.784. The van der Waals surface area contributed by atoms with Crippen LogP contribution in [0, 0.1) is 10.1 Å². The highest BCUT2D eigenvalue weighted by Gasteiger charge is 2.40. The third-order valence-electron chi connectivity index (χ3n) is 5.12.